The van der Waals surface area contributed by atoms with Crippen molar-refractivity contribution in [3.63, 3.8) is 0 Å². The summed E-state index contributed by atoms with van der Waals surface area (Å²) in [6.07, 6.45) is 67.0. The predicted molar refractivity (Wildman–Crippen MR) is 347 cm³/mol. The SMILES string of the molecule is CCCCCCCCCCCCCCCCCCCC/C=C\CCCCCCCCCCCCCCCCCCCC(=O)NC(COC1OC(CO)C(O)C(OS(=O)(=O)O)C1O)C(O)CCCCCCCCCCCCCCCCCCC. The lowest BCUT2D eigenvalue weighted by Crippen LogP contribution is -2.61. The van der Waals surface area contributed by atoms with Gasteiger partial charge < -0.3 is 35.2 Å². The van der Waals surface area contributed by atoms with E-state index in [1.54, 1.807) is 0 Å². The smallest absolute Gasteiger partial charge is 0.394 e. The number of unbranched alkanes of at least 4 members (excludes halogenated alkanes) is 51. The van der Waals surface area contributed by atoms with E-state index in [0.717, 1.165) is 51.4 Å². The molecule has 12 nitrogen and oxygen atoms in total. The monoisotopic (exact) mass is 1200 g/mol. The maximum absolute atomic E-state index is 13.2. The zero-order valence-electron chi connectivity index (χ0n) is 54.3. The van der Waals surface area contributed by atoms with E-state index in [9.17, 15) is 38.2 Å². The predicted octanol–water partition coefficient (Wildman–Crippen LogP) is 18.9. The highest BCUT2D eigenvalue weighted by Crippen LogP contribution is 2.27. The Morgan fingerprint density at radius 2 is 0.771 bits per heavy atom. The molecule has 1 fully saturated rings. The molecule has 494 valence electrons. The summed E-state index contributed by atoms with van der Waals surface area (Å²) in [5.41, 5.74) is 0. The van der Waals surface area contributed by atoms with Crippen molar-refractivity contribution in [3.8, 4) is 0 Å². The number of allylic oxidation sites excluding steroid dienone is 2. The summed E-state index contributed by atoms with van der Waals surface area (Å²) in [6, 6.07) is -0.856. The van der Waals surface area contributed by atoms with E-state index in [0.29, 0.717) is 12.8 Å². The molecule has 0 bridgehead atoms. The second-order valence-corrected chi connectivity index (χ2v) is 26.6. The van der Waals surface area contributed by atoms with Gasteiger partial charge in [-0.1, -0.05) is 341 Å². The van der Waals surface area contributed by atoms with Crippen molar-refractivity contribution in [2.75, 3.05) is 13.2 Å². The zero-order valence-corrected chi connectivity index (χ0v) is 55.1. The van der Waals surface area contributed by atoms with E-state index in [1.807, 2.05) is 0 Å². The second-order valence-electron chi connectivity index (χ2n) is 25.5. The Kier molecular flexibility index (Phi) is 57.5. The molecule has 1 aliphatic heterocycles. The molecular formula is C70H137NO11S. The minimum Gasteiger partial charge on any atom is -0.394 e. The van der Waals surface area contributed by atoms with Gasteiger partial charge in [0.05, 0.1) is 25.4 Å². The third-order valence-electron chi connectivity index (χ3n) is 17.6. The number of carbonyl (C=O) groups is 1. The summed E-state index contributed by atoms with van der Waals surface area (Å²) in [5.74, 6) is -0.222. The van der Waals surface area contributed by atoms with Crippen LogP contribution in [0, 0.1) is 0 Å². The molecule has 1 rings (SSSR count). The quantitative estimate of drug-likeness (QED) is 0.0193. The maximum atomic E-state index is 13.2. The molecule has 1 aliphatic rings. The van der Waals surface area contributed by atoms with Gasteiger partial charge in [-0.2, -0.15) is 8.42 Å². The fraction of sp³-hybridized carbons (Fsp3) is 0.957. The minimum absolute atomic E-state index is 0.222. The summed E-state index contributed by atoms with van der Waals surface area (Å²) in [6.45, 7) is 3.52. The molecule has 6 N–H and O–H groups in total. The highest BCUT2D eigenvalue weighted by atomic mass is 32.3. The average molecular weight is 1200 g/mol. The maximum Gasteiger partial charge on any atom is 0.397 e. The number of nitrogens with one attached hydrogen (secondary N) is 1. The standard InChI is InChI=1S/C70H137NO11S/c1-3-5-7-9-11-13-15-17-19-21-22-23-24-25-26-27-28-29-30-31-32-33-34-35-36-37-38-39-40-41-42-44-46-48-50-52-54-56-58-60-66(74)71-63(62-80-70-68(76)69(82-83(77,78)79)67(75)65(61-72)81-70)64(73)59-57-55-53-51-49-47-45-43-20-18-16-14-12-10-8-6-4-2/h31-32,63-65,67-70,72-73,75-76H,3-30,33-62H2,1-2H3,(H,71,74)(H,77,78,79)/b32-31-. The highest BCUT2D eigenvalue weighted by Gasteiger charge is 2.48. The van der Waals surface area contributed by atoms with Gasteiger partial charge in [-0.15, -0.1) is 0 Å². The van der Waals surface area contributed by atoms with Gasteiger partial charge in [0, 0.05) is 6.42 Å². The van der Waals surface area contributed by atoms with Crippen LogP contribution >= 0.6 is 0 Å². The largest absolute Gasteiger partial charge is 0.397 e. The molecule has 83 heavy (non-hydrogen) atoms. The van der Waals surface area contributed by atoms with Gasteiger partial charge in [-0.25, -0.2) is 4.18 Å². The minimum atomic E-state index is -5.08. The Hall–Kier alpha value is -1.16. The summed E-state index contributed by atoms with van der Waals surface area (Å²) in [7, 11) is -5.08. The van der Waals surface area contributed by atoms with Crippen LogP contribution in [0.5, 0.6) is 0 Å². The Balaban J connectivity index is 2.13. The van der Waals surface area contributed by atoms with Gasteiger partial charge in [-0.3, -0.25) is 9.35 Å². The number of aliphatic hydroxyl groups excluding tert-OH is 4. The lowest BCUT2D eigenvalue weighted by atomic mass is 9.99. The number of carbonyl (C=O) groups excluding carboxylic acids is 1. The van der Waals surface area contributed by atoms with Crippen molar-refractivity contribution in [3.05, 3.63) is 12.2 Å². The van der Waals surface area contributed by atoms with Crippen LogP contribution in [0.25, 0.3) is 0 Å². The van der Waals surface area contributed by atoms with Crippen LogP contribution in [-0.4, -0.2) is 95.4 Å². The molecule has 7 atom stereocenters. The van der Waals surface area contributed by atoms with Gasteiger partial charge >= 0.3 is 10.4 Å². The first-order chi connectivity index (χ1) is 40.5. The third-order valence-corrected chi connectivity index (χ3v) is 18.0. The summed E-state index contributed by atoms with van der Waals surface area (Å²) >= 11 is 0. The summed E-state index contributed by atoms with van der Waals surface area (Å²) in [4.78, 5) is 13.2. The number of ether oxygens (including phenoxy) is 2. The molecular weight excluding hydrogens is 1060 g/mol. The fourth-order valence-electron chi connectivity index (χ4n) is 12.0. The molecule has 0 aromatic carbocycles. The van der Waals surface area contributed by atoms with Gasteiger partial charge in [-0.05, 0) is 38.5 Å². The van der Waals surface area contributed by atoms with Crippen molar-refractivity contribution in [1.82, 2.24) is 5.32 Å². The molecule has 0 saturated carbocycles. The summed E-state index contributed by atoms with van der Waals surface area (Å²) in [5, 5.41) is 45.3. The van der Waals surface area contributed by atoms with E-state index < -0.39 is 59.9 Å². The first-order valence-corrected chi connectivity index (χ1v) is 37.4. The van der Waals surface area contributed by atoms with Crippen LogP contribution in [0.4, 0.5) is 0 Å². The number of hydrogen-bond acceptors (Lipinski definition) is 10. The van der Waals surface area contributed by atoms with E-state index in [2.05, 4.69) is 35.5 Å². The molecule has 1 saturated heterocycles. The van der Waals surface area contributed by atoms with E-state index in [4.69, 9.17) is 9.47 Å². The topological polar surface area (TPSA) is 192 Å². The first-order valence-electron chi connectivity index (χ1n) is 36.1. The van der Waals surface area contributed by atoms with Crippen LogP contribution in [0.1, 0.15) is 373 Å². The van der Waals surface area contributed by atoms with E-state index >= 15 is 0 Å². The molecule has 1 amide bonds. The van der Waals surface area contributed by atoms with Gasteiger partial charge in [0.25, 0.3) is 0 Å². The lowest BCUT2D eigenvalue weighted by molar-refractivity contribution is -0.298. The van der Waals surface area contributed by atoms with E-state index in [-0.39, 0.29) is 12.5 Å². The Morgan fingerprint density at radius 1 is 0.470 bits per heavy atom. The third kappa shape index (κ3) is 51.4. The molecule has 0 aromatic heterocycles. The van der Waals surface area contributed by atoms with Crippen LogP contribution in [-0.2, 0) is 28.9 Å². The molecule has 0 radical (unpaired) electrons. The van der Waals surface area contributed by atoms with Gasteiger partial charge in [0.1, 0.15) is 24.4 Å². The van der Waals surface area contributed by atoms with Crippen LogP contribution in [0.15, 0.2) is 12.2 Å². The lowest BCUT2D eigenvalue weighted by Gasteiger charge is -2.41. The van der Waals surface area contributed by atoms with Crippen LogP contribution < -0.4 is 5.32 Å². The highest BCUT2D eigenvalue weighted by molar-refractivity contribution is 7.80. The average Bonchev–Trinajstić information content (AvgIpc) is 3.59. The molecule has 0 aliphatic carbocycles. The molecule has 0 aromatic rings. The first kappa shape index (κ1) is 79.9. The number of rotatable bonds is 65. The Morgan fingerprint density at radius 3 is 1.08 bits per heavy atom. The molecule has 13 heteroatoms. The molecule has 0 spiro atoms. The van der Waals surface area contributed by atoms with Crippen LogP contribution in [0.2, 0.25) is 0 Å². The number of aliphatic hydroxyl groups is 4. The van der Waals surface area contributed by atoms with Crippen molar-refractivity contribution >= 4 is 16.3 Å². The molecule has 7 unspecified atom stereocenters. The van der Waals surface area contributed by atoms with Gasteiger partial charge in [0.2, 0.25) is 5.91 Å². The van der Waals surface area contributed by atoms with Crippen LogP contribution in [0.3, 0.4) is 0 Å². The zero-order chi connectivity index (χ0) is 60.4. The Labute approximate surface area is 512 Å². The molecule has 1 heterocycles. The van der Waals surface area contributed by atoms with Crippen molar-refractivity contribution in [2.45, 2.75) is 416 Å². The number of amides is 1. The van der Waals surface area contributed by atoms with Crippen molar-refractivity contribution < 1.29 is 51.8 Å². The van der Waals surface area contributed by atoms with E-state index in [1.165, 1.54) is 295 Å². The Bertz CT molecular complexity index is 1500. The second kappa shape index (κ2) is 59.8. The van der Waals surface area contributed by atoms with Crippen molar-refractivity contribution in [1.29, 1.82) is 0 Å². The summed E-state index contributed by atoms with van der Waals surface area (Å²) < 4.78 is 48.1. The fourth-order valence-corrected chi connectivity index (χ4v) is 12.6. The normalized spacial score (nSPS) is 18.4. The number of hydrogen-bond donors (Lipinski definition) is 6. The van der Waals surface area contributed by atoms with Gasteiger partial charge in [0.15, 0.2) is 6.29 Å². The van der Waals surface area contributed by atoms with Crippen molar-refractivity contribution in [2.24, 2.45) is 0 Å².